The van der Waals surface area contributed by atoms with Crippen LogP contribution in [0.4, 0.5) is 17.7 Å². The number of fused-ring (bicyclic) bond motifs is 1. The summed E-state index contributed by atoms with van der Waals surface area (Å²) in [6.07, 6.45) is 1.65. The molecule has 0 saturated carbocycles. The number of aryl methyl sites for hydroxylation is 1. The highest BCUT2D eigenvalue weighted by Crippen LogP contribution is 2.23. The van der Waals surface area contributed by atoms with E-state index in [1.54, 1.807) is 7.05 Å². The lowest BCUT2D eigenvalue weighted by molar-refractivity contribution is -0.134. The summed E-state index contributed by atoms with van der Waals surface area (Å²) in [6, 6.07) is 0. The van der Waals surface area contributed by atoms with Gasteiger partial charge in [-0.05, 0) is 12.8 Å². The second-order valence-electron chi connectivity index (χ2n) is 4.86. The van der Waals surface area contributed by atoms with Gasteiger partial charge >= 0.3 is 5.97 Å². The van der Waals surface area contributed by atoms with Gasteiger partial charge in [0.05, 0.1) is 5.69 Å². The Hall–Kier alpha value is -2.71. The van der Waals surface area contributed by atoms with E-state index in [2.05, 4.69) is 42.8 Å². The largest absolute Gasteiger partial charge is 0.480 e. The summed E-state index contributed by atoms with van der Waals surface area (Å²) in [5, 5.41) is 17.6. The molecule has 2 aromatic rings. The second-order valence-corrected chi connectivity index (χ2v) is 4.86. The Bertz CT molecular complexity index is 705. The fraction of sp³-hybridized carbons (Fsp3) is 0.500. The van der Waals surface area contributed by atoms with Gasteiger partial charge in [-0.25, -0.2) is 15.0 Å². The molecular formula is C14H21N7O2. The molecule has 0 aliphatic carbocycles. The van der Waals surface area contributed by atoms with Crippen LogP contribution in [0.2, 0.25) is 0 Å². The number of hydrogen-bond donors (Lipinski definition) is 4. The summed E-state index contributed by atoms with van der Waals surface area (Å²) >= 11 is 0. The van der Waals surface area contributed by atoms with Crippen molar-refractivity contribution in [2.75, 3.05) is 36.1 Å². The van der Waals surface area contributed by atoms with Crippen molar-refractivity contribution < 1.29 is 9.90 Å². The van der Waals surface area contributed by atoms with E-state index in [4.69, 9.17) is 5.11 Å². The van der Waals surface area contributed by atoms with Crippen molar-refractivity contribution in [3.8, 4) is 0 Å². The van der Waals surface area contributed by atoms with Gasteiger partial charge in [0.25, 0.3) is 0 Å². The van der Waals surface area contributed by atoms with E-state index in [-0.39, 0.29) is 12.5 Å². The molecule has 9 nitrogen and oxygen atoms in total. The van der Waals surface area contributed by atoms with Gasteiger partial charge in [-0.15, -0.1) is 0 Å². The average Bonchev–Trinajstić information content (AvgIpc) is 2.56. The summed E-state index contributed by atoms with van der Waals surface area (Å²) in [7, 11) is 1.73. The van der Waals surface area contributed by atoms with Crippen molar-refractivity contribution in [1.82, 2.24) is 19.9 Å². The van der Waals surface area contributed by atoms with Crippen LogP contribution in [0.1, 0.15) is 26.0 Å². The minimum Gasteiger partial charge on any atom is -0.480 e. The normalized spacial score (nSPS) is 10.6. The van der Waals surface area contributed by atoms with Crippen LogP contribution < -0.4 is 16.0 Å². The monoisotopic (exact) mass is 319 g/mol. The van der Waals surface area contributed by atoms with Crippen LogP contribution in [0.25, 0.3) is 11.0 Å². The van der Waals surface area contributed by atoms with Crippen molar-refractivity contribution in [2.45, 2.75) is 26.7 Å². The van der Waals surface area contributed by atoms with E-state index in [0.717, 1.165) is 18.7 Å². The molecule has 0 spiro atoms. The Balaban J connectivity index is 2.51. The summed E-state index contributed by atoms with van der Waals surface area (Å²) < 4.78 is 0. The fourth-order valence-corrected chi connectivity index (χ4v) is 2.04. The Morgan fingerprint density at radius 2 is 1.74 bits per heavy atom. The molecule has 0 aromatic carbocycles. The van der Waals surface area contributed by atoms with Gasteiger partial charge in [-0.2, -0.15) is 4.98 Å². The van der Waals surface area contributed by atoms with Gasteiger partial charge in [0.1, 0.15) is 17.6 Å². The molecule has 0 amide bonds. The Labute approximate surface area is 134 Å². The molecule has 0 aliphatic heterocycles. The quantitative estimate of drug-likeness (QED) is 0.570. The smallest absolute Gasteiger partial charge is 0.322 e. The number of aliphatic carboxylic acids is 1. The molecule has 0 saturated heterocycles. The molecule has 0 unspecified atom stereocenters. The number of carbonyl (C=O) groups is 1. The second kappa shape index (κ2) is 7.52. The molecular weight excluding hydrogens is 298 g/mol. The lowest BCUT2D eigenvalue weighted by Gasteiger charge is -2.12. The molecule has 23 heavy (non-hydrogen) atoms. The van der Waals surface area contributed by atoms with Crippen LogP contribution >= 0.6 is 0 Å². The Morgan fingerprint density at radius 1 is 1.04 bits per heavy atom. The number of rotatable bonds is 8. The predicted octanol–water partition coefficient (Wildman–Crippen LogP) is 1.34. The molecule has 0 bridgehead atoms. The topological polar surface area (TPSA) is 125 Å². The highest BCUT2D eigenvalue weighted by molar-refractivity contribution is 5.88. The summed E-state index contributed by atoms with van der Waals surface area (Å²) in [4.78, 5) is 28.3. The van der Waals surface area contributed by atoms with Crippen LogP contribution in [0.5, 0.6) is 0 Å². The molecule has 2 aromatic heterocycles. The molecule has 2 heterocycles. The highest BCUT2D eigenvalue weighted by atomic mass is 16.4. The maximum Gasteiger partial charge on any atom is 0.322 e. The third-order valence-corrected chi connectivity index (χ3v) is 3.12. The first-order valence-corrected chi connectivity index (χ1v) is 7.55. The van der Waals surface area contributed by atoms with Gasteiger partial charge in [0.15, 0.2) is 5.82 Å². The molecule has 0 atom stereocenters. The van der Waals surface area contributed by atoms with Crippen molar-refractivity contribution in [3.05, 3.63) is 5.69 Å². The molecule has 124 valence electrons. The minimum absolute atomic E-state index is 0.233. The average molecular weight is 319 g/mol. The van der Waals surface area contributed by atoms with Crippen molar-refractivity contribution in [1.29, 1.82) is 0 Å². The van der Waals surface area contributed by atoms with Gasteiger partial charge in [0, 0.05) is 13.6 Å². The van der Waals surface area contributed by atoms with E-state index in [1.807, 2.05) is 6.92 Å². The van der Waals surface area contributed by atoms with Crippen LogP contribution in [0.3, 0.4) is 0 Å². The lowest BCUT2D eigenvalue weighted by Crippen LogP contribution is -2.16. The van der Waals surface area contributed by atoms with E-state index < -0.39 is 5.97 Å². The highest BCUT2D eigenvalue weighted by Gasteiger charge is 2.14. The zero-order valence-electron chi connectivity index (χ0n) is 13.5. The van der Waals surface area contributed by atoms with Crippen LogP contribution in [-0.4, -0.2) is 51.1 Å². The minimum atomic E-state index is -0.981. The maximum absolute atomic E-state index is 10.7. The zero-order valence-corrected chi connectivity index (χ0v) is 13.5. The number of nitrogens with zero attached hydrogens (tertiary/aromatic N) is 4. The number of nitrogens with one attached hydrogen (secondary N) is 3. The SMILES string of the molecule is CCCNc1nc(CC)c2nc(NCC(=O)O)nc(NC)c2n1. The first kappa shape index (κ1) is 16.7. The van der Waals surface area contributed by atoms with E-state index in [9.17, 15) is 4.79 Å². The number of carboxylic acid groups (broad SMARTS) is 1. The molecule has 0 radical (unpaired) electrons. The zero-order chi connectivity index (χ0) is 16.8. The summed E-state index contributed by atoms with van der Waals surface area (Å²) in [5.74, 6) is 0.324. The molecule has 0 fully saturated rings. The van der Waals surface area contributed by atoms with Crippen LogP contribution in [-0.2, 0) is 11.2 Å². The van der Waals surface area contributed by atoms with Crippen molar-refractivity contribution in [3.63, 3.8) is 0 Å². The Morgan fingerprint density at radius 3 is 2.35 bits per heavy atom. The molecule has 2 rings (SSSR count). The van der Waals surface area contributed by atoms with Crippen LogP contribution in [0, 0.1) is 0 Å². The number of hydrogen-bond acceptors (Lipinski definition) is 8. The molecule has 0 aliphatic rings. The number of carboxylic acids is 1. The van der Waals surface area contributed by atoms with E-state index >= 15 is 0 Å². The first-order valence-electron chi connectivity index (χ1n) is 7.55. The van der Waals surface area contributed by atoms with Gasteiger partial charge < -0.3 is 21.1 Å². The summed E-state index contributed by atoms with van der Waals surface area (Å²) in [6.45, 7) is 4.57. The third-order valence-electron chi connectivity index (χ3n) is 3.12. The predicted molar refractivity (Wildman–Crippen MR) is 89.0 cm³/mol. The van der Waals surface area contributed by atoms with E-state index in [0.29, 0.717) is 29.2 Å². The third kappa shape index (κ3) is 3.93. The van der Waals surface area contributed by atoms with Gasteiger partial charge in [-0.1, -0.05) is 13.8 Å². The fourth-order valence-electron chi connectivity index (χ4n) is 2.04. The summed E-state index contributed by atoms with van der Waals surface area (Å²) in [5.41, 5.74) is 2.01. The van der Waals surface area contributed by atoms with Gasteiger partial charge in [0.2, 0.25) is 11.9 Å². The van der Waals surface area contributed by atoms with Crippen molar-refractivity contribution in [2.24, 2.45) is 0 Å². The standard InChI is InChI=1S/C14H21N7O2/c1-4-6-16-13-18-8(5-2)10-11(20-13)12(15-3)21-14(19-10)17-7-9(22)23/h4-7H2,1-3H3,(H,22,23)(H,16,18,20)(H2,15,17,19,21). The van der Waals surface area contributed by atoms with Crippen molar-refractivity contribution >= 4 is 34.7 Å². The lowest BCUT2D eigenvalue weighted by atomic mass is 10.2. The van der Waals surface area contributed by atoms with Gasteiger partial charge in [-0.3, -0.25) is 4.79 Å². The number of anilines is 3. The first-order chi connectivity index (χ1) is 11.1. The number of aromatic nitrogens is 4. The molecule has 4 N–H and O–H groups in total. The Kier molecular flexibility index (Phi) is 5.45. The van der Waals surface area contributed by atoms with E-state index in [1.165, 1.54) is 0 Å². The maximum atomic E-state index is 10.7. The van der Waals surface area contributed by atoms with Crippen LogP contribution in [0.15, 0.2) is 0 Å². The molecule has 9 heteroatoms.